The van der Waals surface area contributed by atoms with Gasteiger partial charge in [0.25, 0.3) is 0 Å². The normalized spacial score (nSPS) is 20.6. The summed E-state index contributed by atoms with van der Waals surface area (Å²) in [5.41, 5.74) is 1.87. The van der Waals surface area contributed by atoms with Crippen molar-refractivity contribution in [2.75, 3.05) is 11.4 Å². The minimum Gasteiger partial charge on any atom is -0.308 e. The van der Waals surface area contributed by atoms with Crippen LogP contribution >= 0.6 is 0 Å². The molecular weight excluding hydrogens is 322 g/mol. The Hall–Kier alpha value is -2.70. The summed E-state index contributed by atoms with van der Waals surface area (Å²) in [7, 11) is 0. The largest absolute Gasteiger partial charge is 0.334 e. The highest BCUT2D eigenvalue weighted by Gasteiger charge is 2.47. The molecule has 1 aromatic rings. The van der Waals surface area contributed by atoms with Gasteiger partial charge in [0.05, 0.1) is 0 Å². The lowest BCUT2D eigenvalue weighted by atomic mass is 9.96. The molecule has 0 unspecified atom stereocenters. The molecule has 0 spiro atoms. The number of benzene rings is 1. The number of para-hydroxylation sites is 1. The van der Waals surface area contributed by atoms with Crippen molar-refractivity contribution in [2.24, 2.45) is 0 Å². The molecule has 7 nitrogen and oxygen atoms in total. The predicted molar refractivity (Wildman–Crippen MR) is 90.8 cm³/mol. The number of anilines is 1. The standard InChI is InChI=1S/C18H21N3O4/c1-11(2)20-17(24)16(23)19(18(20)25)10-15(22)21-12(3)8-9-13-6-4-5-7-14(13)21/h4-7,11-12H,8-10H2,1-3H3/t12-/m1/s1. The zero-order chi connectivity index (χ0) is 18.3. The third kappa shape index (κ3) is 2.79. The number of hydrogen-bond acceptors (Lipinski definition) is 4. The topological polar surface area (TPSA) is 78.0 Å². The van der Waals surface area contributed by atoms with Crippen LogP contribution in [0.5, 0.6) is 0 Å². The lowest BCUT2D eigenvalue weighted by Crippen LogP contribution is -2.48. The number of nitrogens with zero attached hydrogens (tertiary/aromatic N) is 3. The number of hydrogen-bond donors (Lipinski definition) is 0. The van der Waals surface area contributed by atoms with Crippen LogP contribution in [-0.4, -0.2) is 52.2 Å². The second-order valence-electron chi connectivity index (χ2n) is 6.72. The molecule has 0 saturated carbocycles. The number of aryl methyl sites for hydroxylation is 1. The van der Waals surface area contributed by atoms with Crippen molar-refractivity contribution in [3.8, 4) is 0 Å². The molecule has 25 heavy (non-hydrogen) atoms. The maximum Gasteiger partial charge on any atom is 0.334 e. The van der Waals surface area contributed by atoms with Crippen LogP contribution in [0.2, 0.25) is 0 Å². The van der Waals surface area contributed by atoms with Crippen molar-refractivity contribution in [3.05, 3.63) is 29.8 Å². The SMILES string of the molecule is CC(C)N1C(=O)C(=O)N(CC(=O)N2c3ccccc3CC[C@H]2C)C1=O. The molecule has 7 heteroatoms. The van der Waals surface area contributed by atoms with Crippen LogP contribution in [0.3, 0.4) is 0 Å². The molecule has 2 heterocycles. The van der Waals surface area contributed by atoms with E-state index >= 15 is 0 Å². The van der Waals surface area contributed by atoms with E-state index in [1.807, 2.05) is 31.2 Å². The smallest absolute Gasteiger partial charge is 0.308 e. The first-order valence-corrected chi connectivity index (χ1v) is 8.42. The third-order valence-corrected chi connectivity index (χ3v) is 4.69. The molecule has 5 amide bonds. The number of fused-ring (bicyclic) bond motifs is 1. The zero-order valence-electron chi connectivity index (χ0n) is 14.6. The maximum absolute atomic E-state index is 12.9. The van der Waals surface area contributed by atoms with Crippen molar-refractivity contribution in [1.82, 2.24) is 9.80 Å². The van der Waals surface area contributed by atoms with Crippen molar-refractivity contribution < 1.29 is 19.2 Å². The Morgan fingerprint density at radius 1 is 1.16 bits per heavy atom. The van der Waals surface area contributed by atoms with E-state index in [1.54, 1.807) is 18.7 Å². The summed E-state index contributed by atoms with van der Waals surface area (Å²) >= 11 is 0. The Labute approximate surface area is 146 Å². The monoisotopic (exact) mass is 343 g/mol. The number of carbonyl (C=O) groups is 4. The van der Waals surface area contributed by atoms with Gasteiger partial charge in [0.2, 0.25) is 5.91 Å². The first-order chi connectivity index (χ1) is 11.8. The molecule has 2 aliphatic heterocycles. The van der Waals surface area contributed by atoms with Gasteiger partial charge in [-0.25, -0.2) is 9.69 Å². The summed E-state index contributed by atoms with van der Waals surface area (Å²) in [5, 5.41) is 0. The van der Waals surface area contributed by atoms with Gasteiger partial charge >= 0.3 is 17.8 Å². The molecule has 132 valence electrons. The average Bonchev–Trinajstić information content (AvgIpc) is 2.78. The Morgan fingerprint density at radius 2 is 1.84 bits per heavy atom. The third-order valence-electron chi connectivity index (χ3n) is 4.69. The van der Waals surface area contributed by atoms with Crippen LogP contribution in [0, 0.1) is 0 Å². The Bertz CT molecular complexity index is 758. The second-order valence-corrected chi connectivity index (χ2v) is 6.72. The minimum absolute atomic E-state index is 0.0351. The molecular formula is C18H21N3O4. The van der Waals surface area contributed by atoms with Gasteiger partial charge in [0.15, 0.2) is 0 Å². The highest BCUT2D eigenvalue weighted by atomic mass is 16.2. The van der Waals surface area contributed by atoms with Crippen molar-refractivity contribution in [3.63, 3.8) is 0 Å². The second kappa shape index (κ2) is 6.31. The number of imide groups is 2. The van der Waals surface area contributed by atoms with Crippen LogP contribution < -0.4 is 4.90 Å². The van der Waals surface area contributed by atoms with Crippen molar-refractivity contribution >= 4 is 29.4 Å². The fourth-order valence-corrected chi connectivity index (χ4v) is 3.40. The van der Waals surface area contributed by atoms with Gasteiger partial charge in [0.1, 0.15) is 6.54 Å². The summed E-state index contributed by atoms with van der Waals surface area (Å²) < 4.78 is 0. The average molecular weight is 343 g/mol. The number of urea groups is 1. The molecule has 1 saturated heterocycles. The zero-order valence-corrected chi connectivity index (χ0v) is 14.6. The summed E-state index contributed by atoms with van der Waals surface area (Å²) in [6.45, 7) is 4.81. The lowest BCUT2D eigenvalue weighted by Gasteiger charge is -2.36. The number of carbonyl (C=O) groups excluding carboxylic acids is 4. The summed E-state index contributed by atoms with van der Waals surface area (Å²) in [6.07, 6.45) is 1.68. The molecule has 1 aromatic carbocycles. The van der Waals surface area contributed by atoms with Crippen LogP contribution in [0.25, 0.3) is 0 Å². The number of rotatable bonds is 3. The molecule has 1 fully saturated rings. The first kappa shape index (κ1) is 17.1. The van der Waals surface area contributed by atoms with E-state index in [0.717, 1.165) is 33.9 Å². The van der Waals surface area contributed by atoms with Crippen molar-refractivity contribution in [2.45, 2.75) is 45.7 Å². The molecule has 0 bridgehead atoms. The fraction of sp³-hybridized carbons (Fsp3) is 0.444. The van der Waals surface area contributed by atoms with E-state index in [4.69, 9.17) is 0 Å². The minimum atomic E-state index is -0.940. The van der Waals surface area contributed by atoms with Crippen LogP contribution in [0.15, 0.2) is 24.3 Å². The van der Waals surface area contributed by atoms with Gasteiger partial charge in [-0.3, -0.25) is 19.3 Å². The summed E-state index contributed by atoms with van der Waals surface area (Å²) in [4.78, 5) is 52.6. The first-order valence-electron chi connectivity index (χ1n) is 8.42. The van der Waals surface area contributed by atoms with E-state index in [1.165, 1.54) is 0 Å². The van der Waals surface area contributed by atoms with E-state index in [9.17, 15) is 19.2 Å². The predicted octanol–water partition coefficient (Wildman–Crippen LogP) is 1.55. The Kier molecular flexibility index (Phi) is 4.32. The van der Waals surface area contributed by atoms with Crippen LogP contribution in [-0.2, 0) is 20.8 Å². The number of amides is 5. The van der Waals surface area contributed by atoms with Gasteiger partial charge in [-0.15, -0.1) is 0 Å². The van der Waals surface area contributed by atoms with E-state index < -0.39 is 30.4 Å². The lowest BCUT2D eigenvalue weighted by molar-refractivity contribution is -0.144. The molecule has 0 aliphatic carbocycles. The summed E-state index contributed by atoms with van der Waals surface area (Å²) in [6, 6.07) is 6.42. The van der Waals surface area contributed by atoms with Gasteiger partial charge in [-0.1, -0.05) is 18.2 Å². The molecule has 0 N–H and O–H groups in total. The fourth-order valence-electron chi connectivity index (χ4n) is 3.40. The molecule has 2 aliphatic rings. The summed E-state index contributed by atoms with van der Waals surface area (Å²) in [5.74, 6) is -2.18. The quantitative estimate of drug-likeness (QED) is 0.616. The van der Waals surface area contributed by atoms with E-state index in [2.05, 4.69) is 0 Å². The molecule has 0 radical (unpaired) electrons. The molecule has 0 aromatic heterocycles. The molecule has 1 atom stereocenters. The highest BCUT2D eigenvalue weighted by Crippen LogP contribution is 2.30. The van der Waals surface area contributed by atoms with Crippen LogP contribution in [0.1, 0.15) is 32.8 Å². The van der Waals surface area contributed by atoms with E-state index in [-0.39, 0.29) is 11.9 Å². The maximum atomic E-state index is 12.9. The Morgan fingerprint density at radius 3 is 2.48 bits per heavy atom. The van der Waals surface area contributed by atoms with Crippen LogP contribution in [0.4, 0.5) is 10.5 Å². The van der Waals surface area contributed by atoms with E-state index in [0.29, 0.717) is 0 Å². The van der Waals surface area contributed by atoms with Gasteiger partial charge in [0, 0.05) is 17.8 Å². The highest BCUT2D eigenvalue weighted by molar-refractivity contribution is 6.45. The van der Waals surface area contributed by atoms with Gasteiger partial charge in [-0.05, 0) is 45.2 Å². The van der Waals surface area contributed by atoms with Gasteiger partial charge < -0.3 is 4.90 Å². The Balaban J connectivity index is 1.84. The molecule has 3 rings (SSSR count). The van der Waals surface area contributed by atoms with Crippen molar-refractivity contribution in [1.29, 1.82) is 0 Å². The van der Waals surface area contributed by atoms with Gasteiger partial charge in [-0.2, -0.15) is 0 Å².